The summed E-state index contributed by atoms with van der Waals surface area (Å²) in [7, 11) is 2.04. The number of imidazole rings is 1. The average molecular weight is 224 g/mol. The highest BCUT2D eigenvalue weighted by Crippen LogP contribution is 2.18. The normalized spacial score (nSPS) is 10.9. The smallest absolute Gasteiger partial charge is 0.179 e. The van der Waals surface area contributed by atoms with Crippen LogP contribution < -0.4 is 4.57 Å². The van der Waals surface area contributed by atoms with Gasteiger partial charge < -0.3 is 4.98 Å². The minimum atomic E-state index is 0.918. The molecule has 1 aromatic carbocycles. The summed E-state index contributed by atoms with van der Waals surface area (Å²) in [5, 5.41) is 0. The van der Waals surface area contributed by atoms with E-state index in [1.807, 2.05) is 31.3 Å². The van der Waals surface area contributed by atoms with Crippen molar-refractivity contribution in [1.82, 2.24) is 9.97 Å². The lowest BCUT2D eigenvalue weighted by molar-refractivity contribution is -0.677. The highest BCUT2D eigenvalue weighted by molar-refractivity contribution is 5.78. The third kappa shape index (κ3) is 1.69. The summed E-state index contributed by atoms with van der Waals surface area (Å²) in [6.45, 7) is 2.09. The first-order chi connectivity index (χ1) is 8.24. The monoisotopic (exact) mass is 224 g/mol. The van der Waals surface area contributed by atoms with Crippen molar-refractivity contribution in [1.29, 1.82) is 0 Å². The van der Waals surface area contributed by atoms with Crippen molar-refractivity contribution in [3.05, 3.63) is 48.3 Å². The van der Waals surface area contributed by atoms with Crippen LogP contribution in [-0.2, 0) is 7.05 Å². The van der Waals surface area contributed by atoms with Gasteiger partial charge in [-0.3, -0.25) is 0 Å². The van der Waals surface area contributed by atoms with Crippen LogP contribution in [-0.4, -0.2) is 9.97 Å². The maximum Gasteiger partial charge on any atom is 0.179 e. The minimum Gasteiger partial charge on any atom is -0.338 e. The second-order valence-corrected chi connectivity index (χ2v) is 4.27. The van der Waals surface area contributed by atoms with Crippen LogP contribution >= 0.6 is 0 Å². The van der Waals surface area contributed by atoms with Crippen molar-refractivity contribution in [3.63, 3.8) is 0 Å². The molecule has 1 N–H and O–H groups in total. The van der Waals surface area contributed by atoms with E-state index >= 15 is 0 Å². The molecule has 0 aliphatic heterocycles. The molecule has 3 heteroatoms. The Labute approximate surface area is 99.8 Å². The number of aromatic amines is 1. The number of aromatic nitrogens is 3. The average Bonchev–Trinajstić information content (AvgIpc) is 2.76. The number of hydrogen-bond acceptors (Lipinski definition) is 1. The van der Waals surface area contributed by atoms with Crippen LogP contribution in [0.15, 0.2) is 42.6 Å². The second kappa shape index (κ2) is 3.70. The van der Waals surface area contributed by atoms with E-state index < -0.39 is 0 Å². The molecule has 0 radical (unpaired) electrons. The van der Waals surface area contributed by atoms with Crippen molar-refractivity contribution in [2.45, 2.75) is 6.92 Å². The van der Waals surface area contributed by atoms with Gasteiger partial charge in [-0.25, -0.2) is 9.55 Å². The number of nitrogens with one attached hydrogen (secondary N) is 1. The topological polar surface area (TPSA) is 32.6 Å². The highest BCUT2D eigenvalue weighted by Gasteiger charge is 2.09. The van der Waals surface area contributed by atoms with E-state index in [9.17, 15) is 0 Å². The highest BCUT2D eigenvalue weighted by atomic mass is 14.9. The Morgan fingerprint density at radius 3 is 2.71 bits per heavy atom. The van der Waals surface area contributed by atoms with Crippen molar-refractivity contribution < 1.29 is 4.57 Å². The van der Waals surface area contributed by atoms with Crippen molar-refractivity contribution in [2.24, 2.45) is 7.05 Å². The molecule has 0 atom stereocenters. The summed E-state index contributed by atoms with van der Waals surface area (Å²) in [4.78, 5) is 7.92. The van der Waals surface area contributed by atoms with E-state index in [0.717, 1.165) is 22.4 Å². The quantitative estimate of drug-likeness (QED) is 0.632. The van der Waals surface area contributed by atoms with E-state index in [-0.39, 0.29) is 0 Å². The third-order valence-corrected chi connectivity index (χ3v) is 3.06. The molecule has 0 fully saturated rings. The zero-order chi connectivity index (χ0) is 11.8. The Bertz CT molecular complexity index is 650. The van der Waals surface area contributed by atoms with Crippen LogP contribution in [0.2, 0.25) is 0 Å². The van der Waals surface area contributed by atoms with Crippen LogP contribution in [0, 0.1) is 6.92 Å². The van der Waals surface area contributed by atoms with Gasteiger partial charge in [-0.05, 0) is 18.2 Å². The lowest BCUT2D eigenvalue weighted by Gasteiger charge is -1.96. The molecule has 3 rings (SSSR count). The molecule has 0 bridgehead atoms. The molecule has 2 heterocycles. The summed E-state index contributed by atoms with van der Waals surface area (Å²) in [6, 6.07) is 12.3. The number of H-pyrrole nitrogens is 1. The number of fused-ring (bicyclic) bond motifs is 1. The molecular formula is C14H14N3+. The molecule has 0 unspecified atom stereocenters. The van der Waals surface area contributed by atoms with Crippen LogP contribution in [0.25, 0.3) is 22.4 Å². The molecule has 0 saturated heterocycles. The molecule has 84 valence electrons. The Morgan fingerprint density at radius 2 is 1.94 bits per heavy atom. The molecule has 3 nitrogen and oxygen atoms in total. The summed E-state index contributed by atoms with van der Waals surface area (Å²) < 4.78 is 2.10. The number of rotatable bonds is 1. The van der Waals surface area contributed by atoms with Gasteiger partial charge in [0.05, 0.1) is 16.6 Å². The first-order valence-corrected chi connectivity index (χ1v) is 5.65. The predicted molar refractivity (Wildman–Crippen MR) is 67.4 cm³/mol. The van der Waals surface area contributed by atoms with Gasteiger partial charge in [0.2, 0.25) is 0 Å². The Hall–Kier alpha value is -2.16. The van der Waals surface area contributed by atoms with Crippen molar-refractivity contribution >= 4 is 11.0 Å². The van der Waals surface area contributed by atoms with Crippen molar-refractivity contribution in [2.75, 3.05) is 0 Å². The van der Waals surface area contributed by atoms with E-state index in [2.05, 4.69) is 39.8 Å². The van der Waals surface area contributed by atoms with Crippen LogP contribution in [0.3, 0.4) is 0 Å². The van der Waals surface area contributed by atoms with Crippen LogP contribution in [0.5, 0.6) is 0 Å². The van der Waals surface area contributed by atoms with Crippen LogP contribution in [0.4, 0.5) is 0 Å². The fourth-order valence-electron chi connectivity index (χ4n) is 1.91. The summed E-state index contributed by atoms with van der Waals surface area (Å²) in [5.74, 6) is 0.918. The van der Waals surface area contributed by atoms with E-state index in [1.165, 1.54) is 5.69 Å². The van der Waals surface area contributed by atoms with E-state index in [4.69, 9.17) is 0 Å². The molecule has 0 amide bonds. The van der Waals surface area contributed by atoms with Gasteiger partial charge in [0.15, 0.2) is 11.9 Å². The van der Waals surface area contributed by atoms with Crippen molar-refractivity contribution in [3.8, 4) is 11.4 Å². The maximum atomic E-state index is 4.58. The number of hydrogen-bond donors (Lipinski definition) is 1. The first kappa shape index (κ1) is 10.0. The standard InChI is InChI=1S/C14H14N3/c1-10-7-8-11(9-17(10)2)14-15-12-5-3-4-6-13(12)16-14/h3-9H,1-2H3,(H,15,16)/q+1. The molecule has 2 aromatic heterocycles. The van der Waals surface area contributed by atoms with Gasteiger partial charge in [0.1, 0.15) is 12.9 Å². The second-order valence-electron chi connectivity index (χ2n) is 4.27. The molecule has 3 aromatic rings. The Morgan fingerprint density at radius 1 is 1.12 bits per heavy atom. The first-order valence-electron chi connectivity index (χ1n) is 5.65. The number of aryl methyl sites for hydroxylation is 2. The van der Waals surface area contributed by atoms with Gasteiger partial charge in [0.25, 0.3) is 0 Å². The molecule has 17 heavy (non-hydrogen) atoms. The van der Waals surface area contributed by atoms with E-state index in [1.54, 1.807) is 0 Å². The van der Waals surface area contributed by atoms with Gasteiger partial charge in [-0.2, -0.15) is 0 Å². The number of pyridine rings is 1. The van der Waals surface area contributed by atoms with E-state index in [0.29, 0.717) is 0 Å². The predicted octanol–water partition coefficient (Wildman–Crippen LogP) is 2.36. The van der Waals surface area contributed by atoms with Gasteiger partial charge in [-0.15, -0.1) is 0 Å². The number of para-hydroxylation sites is 2. The Kier molecular flexibility index (Phi) is 2.18. The molecule has 0 saturated carbocycles. The lowest BCUT2D eigenvalue weighted by Crippen LogP contribution is -2.31. The summed E-state index contributed by atoms with van der Waals surface area (Å²) in [6.07, 6.45) is 2.09. The SMILES string of the molecule is Cc1ccc(-c2nc3ccccc3[nH]2)c[n+]1C. The minimum absolute atomic E-state index is 0.918. The third-order valence-electron chi connectivity index (χ3n) is 3.06. The molecule has 0 aliphatic rings. The summed E-state index contributed by atoms with van der Waals surface area (Å²) >= 11 is 0. The zero-order valence-corrected chi connectivity index (χ0v) is 9.94. The Balaban J connectivity index is 2.17. The maximum absolute atomic E-state index is 4.58. The number of benzene rings is 1. The fraction of sp³-hybridized carbons (Fsp3) is 0.143. The fourth-order valence-corrected chi connectivity index (χ4v) is 1.91. The largest absolute Gasteiger partial charge is 0.338 e. The molecular weight excluding hydrogens is 210 g/mol. The van der Waals surface area contributed by atoms with Gasteiger partial charge in [0, 0.05) is 13.0 Å². The molecule has 0 spiro atoms. The molecule has 0 aliphatic carbocycles. The summed E-state index contributed by atoms with van der Waals surface area (Å²) in [5.41, 5.74) is 4.41. The zero-order valence-electron chi connectivity index (χ0n) is 9.94. The van der Waals surface area contributed by atoms with Gasteiger partial charge in [-0.1, -0.05) is 12.1 Å². The lowest BCUT2D eigenvalue weighted by atomic mass is 10.2. The van der Waals surface area contributed by atoms with Gasteiger partial charge >= 0.3 is 0 Å². The number of nitrogens with zero attached hydrogens (tertiary/aromatic N) is 2. The van der Waals surface area contributed by atoms with Crippen LogP contribution in [0.1, 0.15) is 5.69 Å².